The molecule has 3 aromatic rings. The van der Waals surface area contributed by atoms with Crippen LogP contribution in [0.15, 0.2) is 73.1 Å². The summed E-state index contributed by atoms with van der Waals surface area (Å²) in [6.45, 7) is 2.76. The van der Waals surface area contributed by atoms with E-state index in [2.05, 4.69) is 22.2 Å². The molecular formula is C22H21N3O3. The van der Waals surface area contributed by atoms with Crippen molar-refractivity contribution in [1.29, 1.82) is 0 Å². The van der Waals surface area contributed by atoms with Gasteiger partial charge < -0.3 is 14.8 Å². The average Bonchev–Trinajstić information content (AvgIpc) is 2.74. The molecule has 0 fully saturated rings. The zero-order valence-corrected chi connectivity index (χ0v) is 15.5. The zero-order chi connectivity index (χ0) is 19.6. The molecule has 1 N–H and O–H groups in total. The minimum absolute atomic E-state index is 0.216. The van der Waals surface area contributed by atoms with Crippen molar-refractivity contribution in [1.82, 2.24) is 9.97 Å². The topological polar surface area (TPSA) is 73.3 Å². The Kier molecular flexibility index (Phi) is 6.73. The quantitative estimate of drug-likeness (QED) is 0.577. The Bertz CT molecular complexity index is 908. The fourth-order valence-electron chi connectivity index (χ4n) is 2.30. The molecule has 0 unspecified atom stereocenters. The van der Waals surface area contributed by atoms with Gasteiger partial charge in [0.2, 0.25) is 5.91 Å². The van der Waals surface area contributed by atoms with E-state index < -0.39 is 0 Å². The zero-order valence-electron chi connectivity index (χ0n) is 15.5. The average molecular weight is 375 g/mol. The number of hydrogen-bond acceptors (Lipinski definition) is 5. The lowest BCUT2D eigenvalue weighted by molar-refractivity contribution is -0.111. The van der Waals surface area contributed by atoms with Gasteiger partial charge in [-0.3, -0.25) is 4.79 Å². The van der Waals surface area contributed by atoms with Crippen LogP contribution >= 0.6 is 0 Å². The van der Waals surface area contributed by atoms with Crippen LogP contribution in [-0.4, -0.2) is 22.5 Å². The van der Waals surface area contributed by atoms with Gasteiger partial charge in [-0.2, -0.15) is 0 Å². The first-order chi connectivity index (χ1) is 13.7. The first-order valence-electron chi connectivity index (χ1n) is 9.00. The van der Waals surface area contributed by atoms with Crippen LogP contribution < -0.4 is 14.8 Å². The summed E-state index contributed by atoms with van der Waals surface area (Å²) in [4.78, 5) is 20.1. The van der Waals surface area contributed by atoms with Crippen molar-refractivity contribution in [3.05, 3.63) is 78.6 Å². The summed E-state index contributed by atoms with van der Waals surface area (Å²) in [5, 5.41) is 2.81. The van der Waals surface area contributed by atoms with Gasteiger partial charge in [0.15, 0.2) is 0 Å². The van der Waals surface area contributed by atoms with Crippen molar-refractivity contribution in [3.63, 3.8) is 0 Å². The number of ether oxygens (including phenoxy) is 2. The Morgan fingerprint density at radius 2 is 1.68 bits per heavy atom. The smallest absolute Gasteiger partial charge is 0.321 e. The van der Waals surface area contributed by atoms with Crippen molar-refractivity contribution in [2.45, 2.75) is 13.3 Å². The van der Waals surface area contributed by atoms with Gasteiger partial charge in [0.1, 0.15) is 11.5 Å². The molecule has 6 heteroatoms. The maximum atomic E-state index is 12.1. The second-order valence-corrected chi connectivity index (χ2v) is 5.90. The summed E-state index contributed by atoms with van der Waals surface area (Å²) in [5.41, 5.74) is 1.59. The van der Waals surface area contributed by atoms with Crippen molar-refractivity contribution < 1.29 is 14.3 Å². The highest BCUT2D eigenvalue weighted by Crippen LogP contribution is 2.20. The molecule has 3 rings (SSSR count). The van der Waals surface area contributed by atoms with Gasteiger partial charge in [-0.15, -0.1) is 0 Å². The number of rotatable bonds is 8. The third-order valence-electron chi connectivity index (χ3n) is 3.65. The Morgan fingerprint density at radius 1 is 1.00 bits per heavy atom. The SMILES string of the molecule is CCCOc1ccc(/C=C/C(=O)Nc2ccc(Oc3ncccn3)cc2)cc1. The Hall–Kier alpha value is -3.67. The number of aromatic nitrogens is 2. The maximum Gasteiger partial charge on any atom is 0.321 e. The maximum absolute atomic E-state index is 12.1. The lowest BCUT2D eigenvalue weighted by atomic mass is 10.2. The van der Waals surface area contributed by atoms with Gasteiger partial charge >= 0.3 is 6.01 Å². The standard InChI is InChI=1S/C22H21N3O3/c1-2-16-27-19-9-4-17(5-10-19)6-13-21(26)25-18-7-11-20(12-8-18)28-22-23-14-3-15-24-22/h3-15H,2,16H2,1H3,(H,25,26)/b13-6+. The van der Waals surface area contributed by atoms with Crippen LogP contribution in [-0.2, 0) is 4.79 Å². The number of benzene rings is 2. The molecule has 142 valence electrons. The van der Waals surface area contributed by atoms with Gasteiger partial charge in [-0.25, -0.2) is 9.97 Å². The van der Waals surface area contributed by atoms with Crippen LogP contribution in [0.4, 0.5) is 5.69 Å². The largest absolute Gasteiger partial charge is 0.494 e. The molecule has 1 heterocycles. The van der Waals surface area contributed by atoms with E-state index in [1.54, 1.807) is 48.8 Å². The Labute approximate surface area is 163 Å². The van der Waals surface area contributed by atoms with E-state index in [4.69, 9.17) is 9.47 Å². The lowest BCUT2D eigenvalue weighted by Crippen LogP contribution is -2.07. The van der Waals surface area contributed by atoms with Crippen LogP contribution in [0.25, 0.3) is 6.08 Å². The number of carbonyl (C=O) groups is 1. The number of nitrogens with zero attached hydrogens (tertiary/aromatic N) is 2. The van der Waals surface area contributed by atoms with Crippen molar-refractivity contribution in [3.8, 4) is 17.5 Å². The molecule has 0 radical (unpaired) electrons. The number of nitrogens with one attached hydrogen (secondary N) is 1. The molecule has 6 nitrogen and oxygen atoms in total. The molecule has 0 atom stereocenters. The molecule has 0 aliphatic rings. The van der Waals surface area contributed by atoms with Crippen molar-refractivity contribution in [2.24, 2.45) is 0 Å². The van der Waals surface area contributed by atoms with E-state index in [0.717, 1.165) is 17.7 Å². The Balaban J connectivity index is 1.52. The molecule has 28 heavy (non-hydrogen) atoms. The molecule has 1 aromatic heterocycles. The van der Waals surface area contributed by atoms with Gasteiger partial charge in [-0.1, -0.05) is 19.1 Å². The normalized spacial score (nSPS) is 10.6. The second kappa shape index (κ2) is 9.87. The number of hydrogen-bond donors (Lipinski definition) is 1. The number of carbonyl (C=O) groups excluding carboxylic acids is 1. The summed E-state index contributed by atoms with van der Waals surface area (Å²) >= 11 is 0. The molecule has 0 aliphatic heterocycles. The van der Waals surface area contributed by atoms with Crippen LogP contribution in [0.3, 0.4) is 0 Å². The van der Waals surface area contributed by atoms with E-state index >= 15 is 0 Å². The lowest BCUT2D eigenvalue weighted by Gasteiger charge is -2.06. The van der Waals surface area contributed by atoms with Gasteiger partial charge in [0.05, 0.1) is 6.61 Å². The van der Waals surface area contributed by atoms with E-state index in [1.165, 1.54) is 6.08 Å². The summed E-state index contributed by atoms with van der Waals surface area (Å²) in [7, 11) is 0. The van der Waals surface area contributed by atoms with Gasteiger partial charge in [-0.05, 0) is 60.5 Å². The molecule has 0 saturated heterocycles. The summed E-state index contributed by atoms with van der Waals surface area (Å²) in [6, 6.07) is 16.6. The van der Waals surface area contributed by atoms with E-state index in [-0.39, 0.29) is 11.9 Å². The fourth-order valence-corrected chi connectivity index (χ4v) is 2.30. The van der Waals surface area contributed by atoms with Gasteiger partial charge in [0, 0.05) is 24.2 Å². The highest BCUT2D eigenvalue weighted by molar-refractivity contribution is 6.01. The summed E-state index contributed by atoms with van der Waals surface area (Å²) < 4.78 is 11.1. The Morgan fingerprint density at radius 3 is 2.36 bits per heavy atom. The number of anilines is 1. The molecular weight excluding hydrogens is 354 g/mol. The van der Waals surface area contributed by atoms with E-state index in [0.29, 0.717) is 18.0 Å². The monoisotopic (exact) mass is 375 g/mol. The molecule has 0 bridgehead atoms. The highest BCUT2D eigenvalue weighted by atomic mass is 16.5. The molecule has 0 spiro atoms. The van der Waals surface area contributed by atoms with Crippen LogP contribution in [0.1, 0.15) is 18.9 Å². The molecule has 2 aromatic carbocycles. The van der Waals surface area contributed by atoms with E-state index in [1.807, 2.05) is 24.3 Å². The minimum Gasteiger partial charge on any atom is -0.494 e. The third-order valence-corrected chi connectivity index (χ3v) is 3.65. The highest BCUT2D eigenvalue weighted by Gasteiger charge is 2.02. The molecule has 1 amide bonds. The first-order valence-corrected chi connectivity index (χ1v) is 9.00. The van der Waals surface area contributed by atoms with Crippen LogP contribution in [0, 0.1) is 0 Å². The third kappa shape index (κ3) is 5.95. The predicted molar refractivity (Wildman–Crippen MR) is 108 cm³/mol. The predicted octanol–water partition coefficient (Wildman–Crippen LogP) is 4.71. The fraction of sp³-hybridized carbons (Fsp3) is 0.136. The molecule has 0 saturated carbocycles. The summed E-state index contributed by atoms with van der Waals surface area (Å²) in [6.07, 6.45) is 7.42. The summed E-state index contributed by atoms with van der Waals surface area (Å²) in [5.74, 6) is 1.20. The first kappa shape index (κ1) is 19.1. The minimum atomic E-state index is -0.216. The van der Waals surface area contributed by atoms with Crippen molar-refractivity contribution in [2.75, 3.05) is 11.9 Å². The van der Waals surface area contributed by atoms with Crippen molar-refractivity contribution >= 4 is 17.7 Å². The second-order valence-electron chi connectivity index (χ2n) is 5.90. The number of amides is 1. The van der Waals surface area contributed by atoms with E-state index in [9.17, 15) is 4.79 Å². The van der Waals surface area contributed by atoms with Crippen LogP contribution in [0.2, 0.25) is 0 Å². The van der Waals surface area contributed by atoms with Gasteiger partial charge in [0.25, 0.3) is 0 Å². The van der Waals surface area contributed by atoms with Crippen LogP contribution in [0.5, 0.6) is 17.5 Å². The molecule has 0 aliphatic carbocycles.